The van der Waals surface area contributed by atoms with Crippen LogP contribution in [0.5, 0.6) is 0 Å². The quantitative estimate of drug-likeness (QED) is 0.274. The van der Waals surface area contributed by atoms with Crippen LogP contribution in [0.1, 0.15) is 13.3 Å². The lowest BCUT2D eigenvalue weighted by molar-refractivity contribution is -0.534. The number of aliphatic imine (C=N–C) groups is 1. The van der Waals surface area contributed by atoms with Crippen molar-refractivity contribution in [1.82, 2.24) is 4.90 Å². The van der Waals surface area contributed by atoms with Gasteiger partial charge in [0.25, 0.3) is 0 Å². The van der Waals surface area contributed by atoms with E-state index in [9.17, 15) is 0 Å². The minimum Gasteiger partial charge on any atom is -0.309 e. The van der Waals surface area contributed by atoms with E-state index in [2.05, 4.69) is 15.9 Å². The van der Waals surface area contributed by atoms with E-state index in [1.54, 1.807) is 0 Å². The van der Waals surface area contributed by atoms with Crippen LogP contribution in [0.15, 0.2) is 4.99 Å². The topological polar surface area (TPSA) is 44.6 Å². The molecule has 0 heterocycles. The van der Waals surface area contributed by atoms with E-state index in [-0.39, 0.29) is 0 Å². The predicted octanol–water partition coefficient (Wildman–Crippen LogP) is 0.0181. The van der Waals surface area contributed by atoms with Crippen LogP contribution in [0.3, 0.4) is 0 Å². The zero-order valence-corrected chi connectivity index (χ0v) is 8.25. The fraction of sp³-hybridized carbons (Fsp3) is 0.875. The molecule has 0 aliphatic rings. The summed E-state index contributed by atoms with van der Waals surface area (Å²) in [5.74, 6) is 5.56. The SMILES string of the molecule is CCN=C=[N+](N)CCCN(C)C. The van der Waals surface area contributed by atoms with E-state index in [1.165, 1.54) is 4.68 Å². The van der Waals surface area contributed by atoms with Crippen LogP contribution in [0.4, 0.5) is 0 Å². The van der Waals surface area contributed by atoms with Crippen LogP contribution in [0.25, 0.3) is 0 Å². The minimum absolute atomic E-state index is 0.737. The van der Waals surface area contributed by atoms with E-state index in [1.807, 2.05) is 21.0 Å². The van der Waals surface area contributed by atoms with Gasteiger partial charge in [0.15, 0.2) is 0 Å². The van der Waals surface area contributed by atoms with Gasteiger partial charge in [-0.05, 0) is 26.0 Å². The smallest absolute Gasteiger partial charge is 0.309 e. The summed E-state index contributed by atoms with van der Waals surface area (Å²) in [5, 5.41) is 0. The molecule has 0 aliphatic heterocycles. The lowest BCUT2D eigenvalue weighted by Gasteiger charge is -2.06. The molecule has 4 nitrogen and oxygen atoms in total. The second-order valence-electron chi connectivity index (χ2n) is 2.92. The maximum atomic E-state index is 5.56. The number of hydrogen-bond acceptors (Lipinski definition) is 3. The predicted molar refractivity (Wildman–Crippen MR) is 50.5 cm³/mol. The molecule has 0 atom stereocenters. The number of hydrazine groups is 1. The van der Waals surface area contributed by atoms with E-state index >= 15 is 0 Å². The first-order valence-electron chi connectivity index (χ1n) is 4.26. The molecule has 0 spiro atoms. The van der Waals surface area contributed by atoms with E-state index in [0.717, 1.165) is 26.1 Å². The van der Waals surface area contributed by atoms with Crippen LogP contribution in [0.2, 0.25) is 0 Å². The van der Waals surface area contributed by atoms with Crippen molar-refractivity contribution in [2.45, 2.75) is 13.3 Å². The molecule has 0 saturated heterocycles. The highest BCUT2D eigenvalue weighted by molar-refractivity contribution is 5.33. The Morgan fingerprint density at radius 2 is 2.17 bits per heavy atom. The molecule has 0 aromatic heterocycles. The second kappa shape index (κ2) is 6.83. The van der Waals surface area contributed by atoms with Crippen molar-refractivity contribution in [2.24, 2.45) is 10.8 Å². The Labute approximate surface area is 74.4 Å². The van der Waals surface area contributed by atoms with Crippen molar-refractivity contribution in [3.8, 4) is 0 Å². The maximum absolute atomic E-state index is 5.56. The maximum Gasteiger partial charge on any atom is 0.331 e. The van der Waals surface area contributed by atoms with Crippen LogP contribution in [-0.2, 0) is 0 Å². The number of hydrogen-bond donors (Lipinski definition) is 1. The molecule has 0 rings (SSSR count). The average molecular weight is 171 g/mol. The fourth-order valence-corrected chi connectivity index (χ4v) is 0.769. The summed E-state index contributed by atoms with van der Waals surface area (Å²) >= 11 is 0. The molecule has 0 aromatic carbocycles. The lowest BCUT2D eigenvalue weighted by atomic mass is 10.4. The molecule has 0 unspecified atom stereocenters. The van der Waals surface area contributed by atoms with Gasteiger partial charge in [-0.25, -0.2) is 0 Å². The molecule has 0 aliphatic carbocycles. The Balaban J connectivity index is 3.57. The normalized spacial score (nSPS) is 9.67. The standard InChI is InChI=1S/C8H19N4/c1-4-10-8-12(9)7-5-6-11(2)3/h4-7,9H2,1-3H3/q+1. The Bertz CT molecular complexity index is 168. The summed E-state index contributed by atoms with van der Waals surface area (Å²) in [5.41, 5.74) is 0. The lowest BCUT2D eigenvalue weighted by Crippen LogP contribution is -2.23. The first-order valence-corrected chi connectivity index (χ1v) is 4.26. The van der Waals surface area contributed by atoms with Gasteiger partial charge in [0.1, 0.15) is 13.1 Å². The second-order valence-corrected chi connectivity index (χ2v) is 2.92. The third-order valence-corrected chi connectivity index (χ3v) is 1.36. The van der Waals surface area contributed by atoms with Crippen molar-refractivity contribution in [3.05, 3.63) is 0 Å². The zero-order valence-electron chi connectivity index (χ0n) is 8.25. The molecular weight excluding hydrogens is 152 g/mol. The first kappa shape index (κ1) is 11.1. The van der Waals surface area contributed by atoms with Gasteiger partial charge in [0.2, 0.25) is 0 Å². The summed E-state index contributed by atoms with van der Waals surface area (Å²) in [6.45, 7) is 4.55. The monoisotopic (exact) mass is 171 g/mol. The Hall–Kier alpha value is -0.860. The van der Waals surface area contributed by atoms with Crippen LogP contribution >= 0.6 is 0 Å². The third-order valence-electron chi connectivity index (χ3n) is 1.36. The number of nitrogens with two attached hydrogens (primary N) is 1. The molecule has 0 bridgehead atoms. The van der Waals surface area contributed by atoms with Crippen molar-refractivity contribution in [2.75, 3.05) is 33.7 Å². The van der Waals surface area contributed by atoms with Gasteiger partial charge in [-0.2, -0.15) is 0 Å². The van der Waals surface area contributed by atoms with Crippen molar-refractivity contribution in [1.29, 1.82) is 0 Å². The molecule has 4 heteroatoms. The van der Waals surface area contributed by atoms with Gasteiger partial charge in [-0.3, -0.25) is 5.84 Å². The number of nitrogens with zero attached hydrogens (tertiary/aromatic N) is 3. The molecule has 70 valence electrons. The summed E-state index contributed by atoms with van der Waals surface area (Å²) in [6, 6.07) is 2.72. The van der Waals surface area contributed by atoms with Gasteiger partial charge in [0.05, 0.1) is 0 Å². The van der Waals surface area contributed by atoms with Gasteiger partial charge in [0, 0.05) is 13.0 Å². The molecule has 0 saturated carbocycles. The highest BCUT2D eigenvalue weighted by atomic mass is 15.3. The highest BCUT2D eigenvalue weighted by Gasteiger charge is 1.94. The van der Waals surface area contributed by atoms with Crippen molar-refractivity contribution in [3.63, 3.8) is 0 Å². The molecule has 0 radical (unpaired) electrons. The Morgan fingerprint density at radius 3 is 2.67 bits per heavy atom. The van der Waals surface area contributed by atoms with Gasteiger partial charge < -0.3 is 4.90 Å². The third kappa shape index (κ3) is 7.25. The minimum atomic E-state index is 0.737. The molecule has 2 N–H and O–H groups in total. The summed E-state index contributed by atoms with van der Waals surface area (Å²) in [6.07, 6.45) is 1.04. The van der Waals surface area contributed by atoms with E-state index < -0.39 is 0 Å². The van der Waals surface area contributed by atoms with Crippen molar-refractivity contribution >= 4 is 6.01 Å². The number of hydrazone groups is 1. The summed E-state index contributed by atoms with van der Waals surface area (Å²) < 4.78 is 1.51. The van der Waals surface area contributed by atoms with E-state index in [4.69, 9.17) is 5.84 Å². The fourth-order valence-electron chi connectivity index (χ4n) is 0.769. The highest BCUT2D eigenvalue weighted by Crippen LogP contribution is 1.81. The average Bonchev–Trinajstić information content (AvgIpc) is 2.00. The van der Waals surface area contributed by atoms with Crippen LogP contribution < -0.4 is 5.84 Å². The largest absolute Gasteiger partial charge is 0.331 e. The van der Waals surface area contributed by atoms with E-state index in [0.29, 0.717) is 0 Å². The molecule has 12 heavy (non-hydrogen) atoms. The molecule has 0 amide bonds. The Kier molecular flexibility index (Phi) is 6.34. The number of rotatable bonds is 5. The van der Waals surface area contributed by atoms with Crippen molar-refractivity contribution < 1.29 is 4.68 Å². The summed E-state index contributed by atoms with van der Waals surface area (Å²) in [7, 11) is 4.09. The molecule has 0 aromatic rings. The molecular formula is C8H19N4+. The Morgan fingerprint density at radius 1 is 1.50 bits per heavy atom. The van der Waals surface area contributed by atoms with Gasteiger partial charge >= 0.3 is 6.01 Å². The van der Waals surface area contributed by atoms with Crippen LogP contribution in [-0.4, -0.2) is 49.3 Å². The van der Waals surface area contributed by atoms with Crippen LogP contribution in [0, 0.1) is 0 Å². The first-order chi connectivity index (χ1) is 5.66. The summed E-state index contributed by atoms with van der Waals surface area (Å²) in [4.78, 5) is 6.04. The zero-order chi connectivity index (χ0) is 9.40. The van der Waals surface area contributed by atoms with Gasteiger partial charge in [-0.15, -0.1) is 4.68 Å². The molecule has 0 fully saturated rings. The van der Waals surface area contributed by atoms with Gasteiger partial charge in [-0.1, -0.05) is 0 Å².